The summed E-state index contributed by atoms with van der Waals surface area (Å²) in [5.41, 5.74) is 0.951. The maximum Gasteiger partial charge on any atom is 0.143 e. The van der Waals surface area contributed by atoms with E-state index in [1.807, 2.05) is 6.07 Å². The molecule has 2 aliphatic rings. The van der Waals surface area contributed by atoms with E-state index in [1.54, 1.807) is 20.3 Å². The van der Waals surface area contributed by atoms with Crippen LogP contribution in [0.2, 0.25) is 5.02 Å². The van der Waals surface area contributed by atoms with Gasteiger partial charge in [-0.15, -0.1) is 0 Å². The summed E-state index contributed by atoms with van der Waals surface area (Å²) < 4.78 is 10.6. The number of hydrogen-bond donors (Lipinski definition) is 1. The van der Waals surface area contributed by atoms with Crippen LogP contribution in [0, 0.1) is 11.8 Å². The monoisotopic (exact) mass is 279 g/mol. The highest BCUT2D eigenvalue weighted by atomic mass is 35.5. The van der Waals surface area contributed by atoms with E-state index in [9.17, 15) is 0 Å². The van der Waals surface area contributed by atoms with E-state index in [-0.39, 0.29) is 0 Å². The summed E-state index contributed by atoms with van der Waals surface area (Å²) in [6, 6.07) is 4.19. The van der Waals surface area contributed by atoms with Crippen molar-refractivity contribution in [3.63, 3.8) is 0 Å². The molecule has 0 radical (unpaired) electrons. The van der Waals surface area contributed by atoms with Gasteiger partial charge in [0.05, 0.1) is 24.9 Å². The highest BCUT2D eigenvalue weighted by molar-refractivity contribution is 6.32. The van der Waals surface area contributed by atoms with Crippen molar-refractivity contribution in [1.82, 2.24) is 0 Å². The Kier molecular flexibility index (Phi) is 3.31. The molecule has 2 aliphatic carbocycles. The Bertz CT molecular complexity index is 515. The van der Waals surface area contributed by atoms with Crippen LogP contribution in [0.3, 0.4) is 0 Å². The molecule has 19 heavy (non-hydrogen) atoms. The van der Waals surface area contributed by atoms with Crippen molar-refractivity contribution < 1.29 is 9.47 Å². The summed E-state index contributed by atoms with van der Waals surface area (Å²) in [4.78, 5) is 0. The van der Waals surface area contributed by atoms with E-state index in [0.717, 1.165) is 17.4 Å². The molecule has 0 saturated heterocycles. The van der Waals surface area contributed by atoms with Crippen molar-refractivity contribution in [2.75, 3.05) is 19.5 Å². The Morgan fingerprint density at radius 2 is 2.00 bits per heavy atom. The second kappa shape index (κ2) is 4.97. The topological polar surface area (TPSA) is 30.5 Å². The molecule has 1 fully saturated rings. The second-order valence-electron chi connectivity index (χ2n) is 5.17. The lowest BCUT2D eigenvalue weighted by atomic mass is 9.71. The smallest absolute Gasteiger partial charge is 0.143 e. The van der Waals surface area contributed by atoms with E-state index in [0.29, 0.717) is 22.7 Å². The van der Waals surface area contributed by atoms with Crippen LogP contribution >= 0.6 is 11.6 Å². The van der Waals surface area contributed by atoms with Crippen molar-refractivity contribution in [2.45, 2.75) is 18.9 Å². The Hall–Kier alpha value is -1.35. The molecule has 3 unspecified atom stereocenters. The third-order valence-electron chi connectivity index (χ3n) is 4.18. The first-order valence-electron chi connectivity index (χ1n) is 6.57. The lowest BCUT2D eigenvalue weighted by molar-refractivity contribution is 0.217. The van der Waals surface area contributed by atoms with Gasteiger partial charge in [0, 0.05) is 24.1 Å². The average molecular weight is 280 g/mol. The summed E-state index contributed by atoms with van der Waals surface area (Å²) in [6.45, 7) is 0. The van der Waals surface area contributed by atoms with Gasteiger partial charge in [-0.3, -0.25) is 0 Å². The number of fused-ring (bicyclic) bond motifs is 1. The first kappa shape index (κ1) is 12.7. The summed E-state index contributed by atoms with van der Waals surface area (Å²) in [5.74, 6) is 2.92. The van der Waals surface area contributed by atoms with Gasteiger partial charge < -0.3 is 14.8 Å². The lowest BCUT2D eigenvalue weighted by Crippen LogP contribution is -2.43. The minimum atomic E-state index is 0.489. The first-order valence-corrected chi connectivity index (χ1v) is 6.95. The van der Waals surface area contributed by atoms with E-state index >= 15 is 0 Å². The molecule has 0 amide bonds. The Balaban J connectivity index is 1.81. The fourth-order valence-corrected chi connectivity index (χ4v) is 3.29. The summed E-state index contributed by atoms with van der Waals surface area (Å²) in [6.07, 6.45) is 7.05. The highest BCUT2D eigenvalue weighted by Gasteiger charge is 2.41. The number of hydrogen-bond acceptors (Lipinski definition) is 3. The summed E-state index contributed by atoms with van der Waals surface area (Å²) in [7, 11) is 3.28. The number of anilines is 1. The zero-order valence-electron chi connectivity index (χ0n) is 11.2. The number of allylic oxidation sites excluding steroid dienone is 1. The fraction of sp³-hybridized carbons (Fsp3) is 0.467. The van der Waals surface area contributed by atoms with Gasteiger partial charge >= 0.3 is 0 Å². The second-order valence-corrected chi connectivity index (χ2v) is 5.58. The number of ether oxygens (including phenoxy) is 2. The quantitative estimate of drug-likeness (QED) is 0.852. The normalized spacial score (nSPS) is 27.6. The van der Waals surface area contributed by atoms with Crippen molar-refractivity contribution in [2.24, 2.45) is 11.8 Å². The predicted molar refractivity (Wildman–Crippen MR) is 77.3 cm³/mol. The molecule has 4 heteroatoms. The number of halogens is 1. The maximum absolute atomic E-state index is 6.11. The van der Waals surface area contributed by atoms with Crippen LogP contribution in [0.15, 0.2) is 24.3 Å². The molecule has 1 aromatic carbocycles. The molecule has 0 bridgehead atoms. The molecule has 0 aromatic heterocycles. The lowest BCUT2D eigenvalue weighted by Gasteiger charge is -2.41. The van der Waals surface area contributed by atoms with Crippen molar-refractivity contribution in [3.05, 3.63) is 29.3 Å². The molecule has 3 nitrogen and oxygen atoms in total. The van der Waals surface area contributed by atoms with Crippen LogP contribution in [0.5, 0.6) is 11.5 Å². The van der Waals surface area contributed by atoms with Gasteiger partial charge in [0.2, 0.25) is 0 Å². The Labute approximate surface area is 118 Å². The van der Waals surface area contributed by atoms with Crippen molar-refractivity contribution in [1.29, 1.82) is 0 Å². The zero-order valence-corrected chi connectivity index (χ0v) is 11.9. The number of benzene rings is 1. The Morgan fingerprint density at radius 3 is 2.68 bits per heavy atom. The van der Waals surface area contributed by atoms with E-state index in [1.165, 1.54) is 12.8 Å². The summed E-state index contributed by atoms with van der Waals surface area (Å²) in [5, 5.41) is 4.12. The fourth-order valence-electron chi connectivity index (χ4n) is 3.06. The molecular formula is C15H18ClNO2. The largest absolute Gasteiger partial charge is 0.495 e. The zero-order chi connectivity index (χ0) is 13.4. The van der Waals surface area contributed by atoms with E-state index in [4.69, 9.17) is 21.1 Å². The molecule has 3 atom stereocenters. The van der Waals surface area contributed by atoms with Gasteiger partial charge in [0.25, 0.3) is 0 Å². The molecule has 1 saturated carbocycles. The van der Waals surface area contributed by atoms with Crippen LogP contribution in [0.4, 0.5) is 5.69 Å². The van der Waals surface area contributed by atoms with Crippen LogP contribution in [-0.4, -0.2) is 20.3 Å². The predicted octanol–water partition coefficient (Wildman–Crippen LogP) is 3.73. The average Bonchev–Trinajstić information content (AvgIpc) is 2.78. The minimum Gasteiger partial charge on any atom is -0.495 e. The molecule has 1 N–H and O–H groups in total. The van der Waals surface area contributed by atoms with Crippen LogP contribution in [0.1, 0.15) is 12.8 Å². The molecule has 1 aromatic rings. The molecular weight excluding hydrogens is 262 g/mol. The van der Waals surface area contributed by atoms with Gasteiger partial charge in [-0.2, -0.15) is 0 Å². The highest BCUT2D eigenvalue weighted by Crippen LogP contribution is 2.45. The van der Waals surface area contributed by atoms with Gasteiger partial charge in [0.15, 0.2) is 0 Å². The van der Waals surface area contributed by atoms with Crippen LogP contribution < -0.4 is 14.8 Å². The molecule has 3 rings (SSSR count). The molecule has 0 spiro atoms. The Morgan fingerprint density at radius 1 is 1.21 bits per heavy atom. The third-order valence-corrected chi connectivity index (χ3v) is 4.47. The van der Waals surface area contributed by atoms with E-state index in [2.05, 4.69) is 17.5 Å². The SMILES string of the molecule is COc1cc(NC2CC3CC=CC32)c(OC)cc1Cl. The molecule has 0 aliphatic heterocycles. The third kappa shape index (κ3) is 2.16. The van der Waals surface area contributed by atoms with Gasteiger partial charge in [-0.1, -0.05) is 23.8 Å². The number of nitrogens with one attached hydrogen (secondary N) is 1. The van der Waals surface area contributed by atoms with Gasteiger partial charge in [0.1, 0.15) is 11.5 Å². The summed E-state index contributed by atoms with van der Waals surface area (Å²) >= 11 is 6.11. The van der Waals surface area contributed by atoms with Gasteiger partial charge in [-0.05, 0) is 18.8 Å². The maximum atomic E-state index is 6.11. The van der Waals surface area contributed by atoms with E-state index < -0.39 is 0 Å². The molecule has 102 valence electrons. The first-order chi connectivity index (χ1) is 9.22. The standard InChI is InChI=1S/C15H18ClNO2/c1-18-14-8-13(15(19-2)7-11(14)16)17-12-6-9-4-3-5-10(9)12/h3,5,7-10,12,17H,4,6H2,1-2H3. The van der Waals surface area contributed by atoms with Crippen molar-refractivity contribution in [3.8, 4) is 11.5 Å². The molecule has 0 heterocycles. The number of rotatable bonds is 4. The van der Waals surface area contributed by atoms with Crippen LogP contribution in [0.25, 0.3) is 0 Å². The van der Waals surface area contributed by atoms with Crippen molar-refractivity contribution >= 4 is 17.3 Å². The van der Waals surface area contributed by atoms with Gasteiger partial charge in [-0.25, -0.2) is 0 Å². The minimum absolute atomic E-state index is 0.489. The number of methoxy groups -OCH3 is 2. The van der Waals surface area contributed by atoms with Crippen LogP contribution in [-0.2, 0) is 0 Å².